The molecule has 34 heavy (non-hydrogen) atoms. The molecule has 2 amide bonds. The number of fused-ring (bicyclic) bond motifs is 3. The molecule has 0 spiro atoms. The molecule has 7 heteroatoms. The van der Waals surface area contributed by atoms with Crippen molar-refractivity contribution in [1.29, 1.82) is 0 Å². The van der Waals surface area contributed by atoms with E-state index in [9.17, 15) is 19.5 Å². The van der Waals surface area contributed by atoms with Crippen molar-refractivity contribution in [1.82, 2.24) is 10.6 Å². The highest BCUT2D eigenvalue weighted by molar-refractivity contribution is 5.81. The lowest BCUT2D eigenvalue weighted by molar-refractivity contribution is -0.139. The number of carbonyl (C=O) groups excluding carboxylic acids is 2. The molecule has 3 N–H and O–H groups in total. The zero-order valence-electron chi connectivity index (χ0n) is 19.7. The quantitative estimate of drug-likeness (QED) is 0.530. The van der Waals surface area contributed by atoms with Gasteiger partial charge in [-0.25, -0.2) is 4.79 Å². The van der Waals surface area contributed by atoms with Gasteiger partial charge in [-0.2, -0.15) is 0 Å². The molecule has 4 rings (SSSR count). The molecule has 1 fully saturated rings. The molecule has 0 bridgehead atoms. The van der Waals surface area contributed by atoms with Gasteiger partial charge >= 0.3 is 12.1 Å². The number of hydrogen-bond donors (Lipinski definition) is 3. The van der Waals surface area contributed by atoms with Crippen LogP contribution in [0, 0.1) is 0 Å². The average molecular weight is 465 g/mol. The fourth-order valence-corrected chi connectivity index (χ4v) is 5.38. The van der Waals surface area contributed by atoms with E-state index in [2.05, 4.69) is 34.9 Å². The molecule has 0 atom stereocenters. The van der Waals surface area contributed by atoms with Crippen LogP contribution in [0.15, 0.2) is 48.5 Å². The second kappa shape index (κ2) is 9.49. The molecule has 0 radical (unpaired) electrons. The van der Waals surface area contributed by atoms with E-state index in [4.69, 9.17) is 4.74 Å². The SMILES string of the molecule is CC(C)(CC(=O)NC1(CC(=O)O)CCCC1)NC(=O)OCC1c2ccccc2-c2ccccc21. The van der Waals surface area contributed by atoms with Crippen LogP contribution in [0.5, 0.6) is 0 Å². The number of ether oxygens (including phenoxy) is 1. The molecular weight excluding hydrogens is 432 g/mol. The van der Waals surface area contributed by atoms with Crippen molar-refractivity contribution in [2.45, 2.75) is 69.4 Å². The number of hydrogen-bond acceptors (Lipinski definition) is 4. The summed E-state index contributed by atoms with van der Waals surface area (Å²) in [7, 11) is 0. The van der Waals surface area contributed by atoms with E-state index in [1.54, 1.807) is 13.8 Å². The second-order valence-corrected chi connectivity index (χ2v) is 10.1. The summed E-state index contributed by atoms with van der Waals surface area (Å²) in [5.41, 5.74) is 3.04. The van der Waals surface area contributed by atoms with Gasteiger partial charge in [0.1, 0.15) is 6.61 Å². The summed E-state index contributed by atoms with van der Waals surface area (Å²) in [6, 6.07) is 16.3. The zero-order chi connectivity index (χ0) is 24.3. The maximum Gasteiger partial charge on any atom is 0.407 e. The highest BCUT2D eigenvalue weighted by Crippen LogP contribution is 2.44. The van der Waals surface area contributed by atoms with Gasteiger partial charge in [0, 0.05) is 17.9 Å². The van der Waals surface area contributed by atoms with Crippen molar-refractivity contribution >= 4 is 18.0 Å². The monoisotopic (exact) mass is 464 g/mol. The van der Waals surface area contributed by atoms with Gasteiger partial charge in [0.25, 0.3) is 0 Å². The summed E-state index contributed by atoms with van der Waals surface area (Å²) < 4.78 is 5.60. The van der Waals surface area contributed by atoms with Crippen molar-refractivity contribution in [3.8, 4) is 11.1 Å². The van der Waals surface area contributed by atoms with Gasteiger partial charge in [0.2, 0.25) is 5.91 Å². The van der Waals surface area contributed by atoms with E-state index in [1.807, 2.05) is 24.3 Å². The molecule has 7 nitrogen and oxygen atoms in total. The summed E-state index contributed by atoms with van der Waals surface area (Å²) in [5.74, 6) is -1.23. The third-order valence-corrected chi connectivity index (χ3v) is 6.84. The molecule has 0 saturated heterocycles. The van der Waals surface area contributed by atoms with Gasteiger partial charge in [-0.05, 0) is 48.9 Å². The fourth-order valence-electron chi connectivity index (χ4n) is 5.38. The molecule has 2 aromatic rings. The van der Waals surface area contributed by atoms with Gasteiger partial charge in [0.05, 0.1) is 12.0 Å². The predicted molar refractivity (Wildman–Crippen MR) is 128 cm³/mol. The van der Waals surface area contributed by atoms with Crippen molar-refractivity contribution in [2.75, 3.05) is 6.61 Å². The standard InChI is InChI=1S/C27H32N2O5/c1-26(2,15-23(30)28-27(16-24(31)32)13-7-8-14-27)29-25(33)34-17-22-20-11-5-3-9-18(20)19-10-4-6-12-21(19)22/h3-6,9-12,22H,7-8,13-17H2,1-2H3,(H,28,30)(H,29,33)(H,31,32). The minimum Gasteiger partial charge on any atom is -0.481 e. The molecule has 180 valence electrons. The average Bonchev–Trinajstić information content (AvgIpc) is 3.33. The van der Waals surface area contributed by atoms with E-state index in [-0.39, 0.29) is 31.3 Å². The van der Waals surface area contributed by atoms with Gasteiger partial charge < -0.3 is 20.5 Å². The predicted octanol–water partition coefficient (Wildman–Crippen LogP) is 4.60. The second-order valence-electron chi connectivity index (χ2n) is 10.1. The highest BCUT2D eigenvalue weighted by atomic mass is 16.5. The lowest BCUT2D eigenvalue weighted by atomic mass is 9.91. The lowest BCUT2D eigenvalue weighted by Gasteiger charge is -2.31. The van der Waals surface area contributed by atoms with Crippen LogP contribution in [-0.2, 0) is 14.3 Å². The number of amides is 2. The number of benzene rings is 2. The maximum atomic E-state index is 12.7. The Labute approximate surface area is 199 Å². The molecule has 0 aliphatic heterocycles. The van der Waals surface area contributed by atoms with E-state index in [1.165, 1.54) is 0 Å². The molecule has 0 heterocycles. The lowest BCUT2D eigenvalue weighted by Crippen LogP contribution is -2.52. The van der Waals surface area contributed by atoms with Crippen molar-refractivity contribution in [2.24, 2.45) is 0 Å². The third-order valence-electron chi connectivity index (χ3n) is 6.84. The van der Waals surface area contributed by atoms with Crippen molar-refractivity contribution < 1.29 is 24.2 Å². The Morgan fingerprint density at radius 1 is 1.00 bits per heavy atom. The fraction of sp³-hybridized carbons (Fsp3) is 0.444. The molecule has 2 aromatic carbocycles. The van der Waals surface area contributed by atoms with Gasteiger partial charge in [-0.1, -0.05) is 61.4 Å². The smallest absolute Gasteiger partial charge is 0.407 e. The van der Waals surface area contributed by atoms with Gasteiger partial charge in [-0.3, -0.25) is 9.59 Å². The topological polar surface area (TPSA) is 105 Å². The summed E-state index contributed by atoms with van der Waals surface area (Å²) in [6.45, 7) is 3.71. The first-order chi connectivity index (χ1) is 16.2. The molecule has 2 aliphatic carbocycles. The first-order valence-corrected chi connectivity index (χ1v) is 11.8. The van der Waals surface area contributed by atoms with Crippen LogP contribution in [0.4, 0.5) is 4.79 Å². The van der Waals surface area contributed by atoms with E-state index in [0.29, 0.717) is 12.8 Å². The van der Waals surface area contributed by atoms with E-state index in [0.717, 1.165) is 35.1 Å². The number of carboxylic acids is 1. The van der Waals surface area contributed by atoms with Gasteiger partial charge in [-0.15, -0.1) is 0 Å². The normalized spacial score (nSPS) is 16.4. The number of nitrogens with one attached hydrogen (secondary N) is 2. The first kappa shape index (κ1) is 23.8. The Kier molecular flexibility index (Phi) is 6.64. The van der Waals surface area contributed by atoms with Crippen LogP contribution in [0.1, 0.15) is 69.4 Å². The van der Waals surface area contributed by atoms with Crippen LogP contribution in [0.3, 0.4) is 0 Å². The van der Waals surface area contributed by atoms with Crippen LogP contribution in [0.2, 0.25) is 0 Å². The molecule has 0 aromatic heterocycles. The number of alkyl carbamates (subject to hydrolysis) is 1. The largest absolute Gasteiger partial charge is 0.481 e. The number of rotatable bonds is 8. The number of carboxylic acid groups (broad SMARTS) is 1. The molecular formula is C27H32N2O5. The summed E-state index contributed by atoms with van der Waals surface area (Å²) in [4.78, 5) is 36.6. The van der Waals surface area contributed by atoms with Crippen LogP contribution in [-0.4, -0.2) is 40.8 Å². The Hall–Kier alpha value is -3.35. The Morgan fingerprint density at radius 2 is 1.56 bits per heavy atom. The Balaban J connectivity index is 1.34. The Bertz CT molecular complexity index is 1040. The summed E-state index contributed by atoms with van der Waals surface area (Å²) in [5, 5.41) is 15.0. The van der Waals surface area contributed by atoms with E-state index < -0.39 is 23.1 Å². The van der Waals surface area contributed by atoms with Crippen LogP contribution in [0.25, 0.3) is 11.1 Å². The third kappa shape index (κ3) is 5.24. The minimum absolute atomic E-state index is 0.0264. The Morgan fingerprint density at radius 3 is 2.12 bits per heavy atom. The van der Waals surface area contributed by atoms with Gasteiger partial charge in [0.15, 0.2) is 0 Å². The summed E-state index contributed by atoms with van der Waals surface area (Å²) >= 11 is 0. The molecule has 0 unspecified atom stereocenters. The van der Waals surface area contributed by atoms with Crippen LogP contribution >= 0.6 is 0 Å². The van der Waals surface area contributed by atoms with Crippen molar-refractivity contribution in [3.05, 3.63) is 59.7 Å². The zero-order valence-corrected chi connectivity index (χ0v) is 19.7. The number of aliphatic carboxylic acids is 1. The summed E-state index contributed by atoms with van der Waals surface area (Å²) in [6.07, 6.45) is 2.47. The van der Waals surface area contributed by atoms with Crippen molar-refractivity contribution in [3.63, 3.8) is 0 Å². The van der Waals surface area contributed by atoms with Crippen LogP contribution < -0.4 is 10.6 Å². The molecule has 2 aliphatic rings. The number of carbonyl (C=O) groups is 3. The maximum absolute atomic E-state index is 12.7. The minimum atomic E-state index is -0.918. The highest BCUT2D eigenvalue weighted by Gasteiger charge is 2.38. The first-order valence-electron chi connectivity index (χ1n) is 11.8. The molecule has 1 saturated carbocycles. The van der Waals surface area contributed by atoms with E-state index >= 15 is 0 Å².